The predicted octanol–water partition coefficient (Wildman–Crippen LogP) is 4.25. The van der Waals surface area contributed by atoms with Gasteiger partial charge in [-0.3, -0.25) is 9.59 Å². The Hall–Kier alpha value is -3.87. The maximum absolute atomic E-state index is 13.2. The van der Waals surface area contributed by atoms with Crippen molar-refractivity contribution in [2.75, 3.05) is 14.2 Å². The zero-order valence-electron chi connectivity index (χ0n) is 18.5. The van der Waals surface area contributed by atoms with E-state index in [0.29, 0.717) is 23.6 Å². The lowest BCUT2D eigenvalue weighted by Gasteiger charge is -2.28. The molecular weight excluding hydrogens is 423 g/mol. The number of benzene rings is 3. The Morgan fingerprint density at radius 2 is 1.76 bits per heavy atom. The van der Waals surface area contributed by atoms with Crippen LogP contribution >= 0.6 is 0 Å². The molecule has 0 aliphatic carbocycles. The molecule has 2 amide bonds. The van der Waals surface area contributed by atoms with Crippen molar-refractivity contribution >= 4 is 11.8 Å². The van der Waals surface area contributed by atoms with Crippen molar-refractivity contribution in [3.8, 4) is 11.5 Å². The molecule has 1 aliphatic rings. The number of nitrogens with one attached hydrogen (secondary N) is 1. The number of carbonyl (C=O) groups excluding carboxylic acids is 2. The number of halogens is 1. The molecule has 6 nitrogen and oxygen atoms in total. The maximum Gasteiger partial charge on any atom is 0.255 e. The summed E-state index contributed by atoms with van der Waals surface area (Å²) in [5, 5.41) is 2.87. The smallest absolute Gasteiger partial charge is 0.255 e. The summed E-state index contributed by atoms with van der Waals surface area (Å²) in [5.41, 5.74) is 3.14. The molecule has 3 aromatic rings. The minimum absolute atomic E-state index is 0.0659. The van der Waals surface area contributed by atoms with E-state index < -0.39 is 6.04 Å². The zero-order valence-corrected chi connectivity index (χ0v) is 18.5. The van der Waals surface area contributed by atoms with Crippen LogP contribution < -0.4 is 14.8 Å². The first-order chi connectivity index (χ1) is 16.0. The summed E-state index contributed by atoms with van der Waals surface area (Å²) in [5.74, 6) is 0.429. The molecule has 0 radical (unpaired) electrons. The summed E-state index contributed by atoms with van der Waals surface area (Å²) >= 11 is 0. The van der Waals surface area contributed by atoms with E-state index in [1.165, 1.54) is 12.1 Å². The number of amides is 2. The van der Waals surface area contributed by atoms with Crippen LogP contribution in [0.25, 0.3) is 0 Å². The van der Waals surface area contributed by atoms with Crippen molar-refractivity contribution in [1.29, 1.82) is 0 Å². The standard InChI is InChI=1S/C26H25FN2O4/c1-32-23-12-9-18(13-24(23)33-2)22(29-16-19-5-3-4-6-21(19)26(29)31)14-25(30)28-15-17-7-10-20(27)11-8-17/h3-13,22H,14-16H2,1-2H3,(H,28,30)/t22-/m1/s1. The summed E-state index contributed by atoms with van der Waals surface area (Å²) in [6, 6.07) is 18.3. The Labute approximate surface area is 191 Å². The third-order valence-electron chi connectivity index (χ3n) is 5.80. The fraction of sp³-hybridized carbons (Fsp3) is 0.231. The summed E-state index contributed by atoms with van der Waals surface area (Å²) in [6.45, 7) is 0.686. The average Bonchev–Trinajstić information content (AvgIpc) is 3.18. The lowest BCUT2D eigenvalue weighted by molar-refractivity contribution is -0.122. The van der Waals surface area contributed by atoms with E-state index in [4.69, 9.17) is 9.47 Å². The van der Waals surface area contributed by atoms with Crippen molar-refractivity contribution in [2.45, 2.75) is 25.6 Å². The van der Waals surface area contributed by atoms with Crippen molar-refractivity contribution in [3.63, 3.8) is 0 Å². The van der Waals surface area contributed by atoms with E-state index in [0.717, 1.165) is 16.7 Å². The highest BCUT2D eigenvalue weighted by Crippen LogP contribution is 2.37. The molecule has 4 rings (SSSR count). The third-order valence-corrected chi connectivity index (χ3v) is 5.80. The van der Waals surface area contributed by atoms with Gasteiger partial charge >= 0.3 is 0 Å². The van der Waals surface area contributed by atoms with E-state index in [1.54, 1.807) is 49.5 Å². The van der Waals surface area contributed by atoms with Crippen LogP contribution in [0.4, 0.5) is 4.39 Å². The van der Waals surface area contributed by atoms with Gasteiger partial charge < -0.3 is 19.7 Å². The minimum atomic E-state index is -0.502. The Bertz CT molecular complexity index is 1160. The van der Waals surface area contributed by atoms with Gasteiger partial charge in [0.05, 0.1) is 26.7 Å². The zero-order chi connectivity index (χ0) is 23.4. The first-order valence-electron chi connectivity index (χ1n) is 10.6. The van der Waals surface area contributed by atoms with Gasteiger partial charge in [-0.1, -0.05) is 36.4 Å². The van der Waals surface area contributed by atoms with Gasteiger partial charge in [0.2, 0.25) is 5.91 Å². The molecule has 33 heavy (non-hydrogen) atoms. The Kier molecular flexibility index (Phi) is 6.58. The maximum atomic E-state index is 13.2. The summed E-state index contributed by atoms with van der Waals surface area (Å²) in [7, 11) is 3.10. The number of hydrogen-bond acceptors (Lipinski definition) is 4. The van der Waals surface area contributed by atoms with Crippen LogP contribution in [0.1, 0.15) is 39.5 Å². The van der Waals surface area contributed by atoms with Crippen LogP contribution in [0.5, 0.6) is 11.5 Å². The highest BCUT2D eigenvalue weighted by molar-refractivity contribution is 5.98. The van der Waals surface area contributed by atoms with Crippen LogP contribution in [-0.2, 0) is 17.9 Å². The highest BCUT2D eigenvalue weighted by Gasteiger charge is 2.34. The highest BCUT2D eigenvalue weighted by atomic mass is 19.1. The van der Waals surface area contributed by atoms with Crippen molar-refractivity contribution < 1.29 is 23.5 Å². The Balaban J connectivity index is 1.58. The van der Waals surface area contributed by atoms with E-state index in [1.807, 2.05) is 24.3 Å². The van der Waals surface area contributed by atoms with Crippen LogP contribution in [0.3, 0.4) is 0 Å². The lowest BCUT2D eigenvalue weighted by Crippen LogP contribution is -2.34. The Morgan fingerprint density at radius 3 is 2.45 bits per heavy atom. The van der Waals surface area contributed by atoms with E-state index in [-0.39, 0.29) is 30.6 Å². The third kappa shape index (κ3) is 4.82. The van der Waals surface area contributed by atoms with Crippen LogP contribution in [0.15, 0.2) is 66.7 Å². The number of methoxy groups -OCH3 is 2. The molecule has 0 fully saturated rings. The first kappa shape index (κ1) is 22.3. The number of hydrogen-bond donors (Lipinski definition) is 1. The quantitative estimate of drug-likeness (QED) is 0.560. The second-order valence-electron chi connectivity index (χ2n) is 7.83. The molecule has 7 heteroatoms. The fourth-order valence-corrected chi connectivity index (χ4v) is 4.05. The largest absolute Gasteiger partial charge is 0.493 e. The molecule has 0 saturated heterocycles. The average molecular weight is 448 g/mol. The Morgan fingerprint density at radius 1 is 1.03 bits per heavy atom. The molecule has 1 atom stereocenters. The second-order valence-corrected chi connectivity index (χ2v) is 7.83. The first-order valence-corrected chi connectivity index (χ1v) is 10.6. The number of ether oxygens (including phenoxy) is 2. The summed E-state index contributed by atoms with van der Waals surface area (Å²) in [4.78, 5) is 27.8. The molecule has 1 aliphatic heterocycles. The normalized spacial score (nSPS) is 13.4. The summed E-state index contributed by atoms with van der Waals surface area (Å²) < 4.78 is 23.9. The van der Waals surface area contributed by atoms with Crippen LogP contribution in [0.2, 0.25) is 0 Å². The van der Waals surface area contributed by atoms with Crippen LogP contribution in [0, 0.1) is 5.82 Å². The molecule has 0 aromatic heterocycles. The van der Waals surface area contributed by atoms with Gasteiger partial charge in [0.15, 0.2) is 11.5 Å². The van der Waals surface area contributed by atoms with Crippen molar-refractivity contribution in [1.82, 2.24) is 10.2 Å². The molecule has 170 valence electrons. The monoisotopic (exact) mass is 448 g/mol. The molecule has 1 N–H and O–H groups in total. The molecule has 3 aromatic carbocycles. The molecule has 0 bridgehead atoms. The molecule has 0 saturated carbocycles. The topological polar surface area (TPSA) is 67.9 Å². The molecular formula is C26H25FN2O4. The number of fused-ring (bicyclic) bond motifs is 1. The number of carbonyl (C=O) groups is 2. The molecule has 1 heterocycles. The van der Waals surface area contributed by atoms with Crippen molar-refractivity contribution in [2.24, 2.45) is 0 Å². The van der Waals surface area contributed by atoms with Gasteiger partial charge in [0.1, 0.15) is 5.82 Å². The van der Waals surface area contributed by atoms with Gasteiger partial charge in [0, 0.05) is 18.7 Å². The number of nitrogens with zero attached hydrogens (tertiary/aromatic N) is 1. The number of rotatable bonds is 8. The molecule has 0 spiro atoms. The predicted molar refractivity (Wildman–Crippen MR) is 121 cm³/mol. The van der Waals surface area contributed by atoms with Gasteiger partial charge in [-0.15, -0.1) is 0 Å². The van der Waals surface area contributed by atoms with Gasteiger partial charge in [0.25, 0.3) is 5.91 Å². The van der Waals surface area contributed by atoms with E-state index in [9.17, 15) is 14.0 Å². The lowest BCUT2D eigenvalue weighted by atomic mass is 10.0. The van der Waals surface area contributed by atoms with Gasteiger partial charge in [-0.25, -0.2) is 4.39 Å². The van der Waals surface area contributed by atoms with E-state index in [2.05, 4.69) is 5.32 Å². The van der Waals surface area contributed by atoms with Crippen LogP contribution in [-0.4, -0.2) is 30.9 Å². The van der Waals surface area contributed by atoms with E-state index >= 15 is 0 Å². The van der Waals surface area contributed by atoms with Gasteiger partial charge in [-0.2, -0.15) is 0 Å². The minimum Gasteiger partial charge on any atom is -0.493 e. The second kappa shape index (κ2) is 9.73. The SMILES string of the molecule is COc1ccc([C@@H](CC(=O)NCc2ccc(F)cc2)N2Cc3ccccc3C2=O)cc1OC. The van der Waals surface area contributed by atoms with Gasteiger partial charge in [-0.05, 0) is 47.0 Å². The molecule has 0 unspecified atom stereocenters. The fourth-order valence-electron chi connectivity index (χ4n) is 4.05. The van der Waals surface area contributed by atoms with Crippen molar-refractivity contribution in [3.05, 3.63) is 94.8 Å². The summed E-state index contributed by atoms with van der Waals surface area (Å²) in [6.07, 6.45) is 0.0659.